The topological polar surface area (TPSA) is 185 Å². The van der Waals surface area contributed by atoms with Crippen molar-refractivity contribution in [1.29, 1.82) is 0 Å². The number of benzene rings is 4. The lowest BCUT2D eigenvalue weighted by Gasteiger charge is -2.39. The number of ether oxygens (including phenoxy) is 4. The van der Waals surface area contributed by atoms with Gasteiger partial charge in [-0.1, -0.05) is 54.1 Å². The summed E-state index contributed by atoms with van der Waals surface area (Å²) in [6.07, 6.45) is 0.773. The largest absolute Gasteiger partial charge is 0.497 e. The molecule has 6 aromatic rings. The average molecular weight is 916 g/mol. The van der Waals surface area contributed by atoms with Gasteiger partial charge in [-0.05, 0) is 114 Å². The van der Waals surface area contributed by atoms with E-state index < -0.39 is 46.6 Å². The maximum absolute atomic E-state index is 16.0. The Hall–Kier alpha value is -6.08. The fourth-order valence-corrected chi connectivity index (χ4v) is 11.2. The van der Waals surface area contributed by atoms with Crippen molar-refractivity contribution in [2.45, 2.75) is 61.0 Å². The summed E-state index contributed by atoms with van der Waals surface area (Å²) in [5.41, 5.74) is 1.69. The summed E-state index contributed by atoms with van der Waals surface area (Å²) in [5, 5.41) is 11.6. The van der Waals surface area contributed by atoms with Gasteiger partial charge in [-0.25, -0.2) is 31.3 Å². The second-order valence-corrected chi connectivity index (χ2v) is 20.2. The smallest absolute Gasteiger partial charge is 0.410 e. The number of hydrogen-bond donors (Lipinski definition) is 0. The molecule has 3 heterocycles. The molecule has 1 aliphatic heterocycles. The molecule has 0 radical (unpaired) electrons. The third-order valence-electron chi connectivity index (χ3n) is 10.3. The molecule has 0 atom stereocenters. The molecule has 0 aliphatic carbocycles. The molecule has 19 heteroatoms. The minimum absolute atomic E-state index is 0.0396. The Morgan fingerprint density at radius 3 is 1.83 bits per heavy atom. The van der Waals surface area contributed by atoms with E-state index >= 15 is 16.8 Å². The highest BCUT2D eigenvalue weighted by Gasteiger charge is 2.46. The lowest BCUT2D eigenvalue weighted by Crippen LogP contribution is -2.57. The molecule has 4 aromatic carbocycles. The Morgan fingerprint density at radius 1 is 0.778 bits per heavy atom. The van der Waals surface area contributed by atoms with Gasteiger partial charge in [0.1, 0.15) is 38.1 Å². The van der Waals surface area contributed by atoms with Crippen LogP contribution in [0.3, 0.4) is 0 Å². The number of nitrogens with zero attached hydrogens (tertiary/aromatic N) is 7. The summed E-state index contributed by atoms with van der Waals surface area (Å²) < 4.78 is 86.4. The summed E-state index contributed by atoms with van der Waals surface area (Å²) in [4.78, 5) is 17.3. The monoisotopic (exact) mass is 915 g/mol. The van der Waals surface area contributed by atoms with Gasteiger partial charge in [0.25, 0.3) is 0 Å². The van der Waals surface area contributed by atoms with Crippen molar-refractivity contribution < 1.29 is 40.6 Å². The van der Waals surface area contributed by atoms with Crippen molar-refractivity contribution in [3.8, 4) is 39.8 Å². The summed E-state index contributed by atoms with van der Waals surface area (Å²) in [6.45, 7) is 4.36. The molecule has 0 bridgehead atoms. The van der Waals surface area contributed by atoms with Crippen LogP contribution in [0, 0.1) is 0 Å². The second kappa shape index (κ2) is 18.3. The zero-order chi connectivity index (χ0) is 45.1. The number of sulfone groups is 1. The highest BCUT2D eigenvalue weighted by molar-refractivity contribution is 7.94. The standard InChI is InChI=1S/C44H46ClN7O9S2/c1-44(2,3)61-43(53)50-27-36(28-50)62(54,55)38-20-19-37(32-21-22-46-39(45)23-32)40(42-47-48-49-52(42)26-31-11-17-35(60-6)18-12-31)41(38)63(56,57)51(24-29-7-13-33(58-4)14-8-29)25-30-9-15-34(59-5)16-10-30/h7-23,36H,24-28H2,1-6H3. The van der Waals surface area contributed by atoms with E-state index in [4.69, 9.17) is 30.5 Å². The number of amides is 1. The summed E-state index contributed by atoms with van der Waals surface area (Å²) in [7, 11) is -4.83. The van der Waals surface area contributed by atoms with Crippen LogP contribution < -0.4 is 14.2 Å². The van der Waals surface area contributed by atoms with E-state index in [0.717, 1.165) is 5.56 Å². The Bertz CT molecular complexity index is 2760. The summed E-state index contributed by atoms with van der Waals surface area (Å²) >= 11 is 6.44. The number of rotatable bonds is 15. The van der Waals surface area contributed by atoms with Crippen molar-refractivity contribution in [1.82, 2.24) is 34.4 Å². The van der Waals surface area contributed by atoms with Crippen molar-refractivity contribution in [3.05, 3.63) is 125 Å². The molecular formula is C44H46ClN7O9S2. The fraction of sp³-hybridized carbons (Fsp3) is 0.295. The first-order valence-electron chi connectivity index (χ1n) is 19.7. The minimum atomic E-state index is -4.90. The molecule has 0 spiro atoms. The molecule has 2 aromatic heterocycles. The Balaban J connectivity index is 1.47. The highest BCUT2D eigenvalue weighted by atomic mass is 35.5. The lowest BCUT2D eigenvalue weighted by atomic mass is 10.00. The van der Waals surface area contributed by atoms with Crippen molar-refractivity contribution in [2.24, 2.45) is 0 Å². The molecule has 7 rings (SSSR count). The van der Waals surface area contributed by atoms with Crippen LogP contribution in [-0.2, 0) is 44.2 Å². The van der Waals surface area contributed by atoms with Gasteiger partial charge in [-0.2, -0.15) is 4.31 Å². The van der Waals surface area contributed by atoms with Gasteiger partial charge >= 0.3 is 6.09 Å². The van der Waals surface area contributed by atoms with Crippen molar-refractivity contribution >= 4 is 37.6 Å². The number of pyridine rings is 1. The molecule has 1 aliphatic rings. The van der Waals surface area contributed by atoms with E-state index in [0.29, 0.717) is 33.9 Å². The van der Waals surface area contributed by atoms with Crippen LogP contribution in [0.2, 0.25) is 5.15 Å². The predicted octanol–water partition coefficient (Wildman–Crippen LogP) is 6.91. The first kappa shape index (κ1) is 45.0. The Kier molecular flexibility index (Phi) is 13.1. The number of aromatic nitrogens is 5. The van der Waals surface area contributed by atoms with Crippen LogP contribution in [0.15, 0.2) is 113 Å². The molecule has 1 amide bonds. The number of likely N-dealkylation sites (tertiary alicyclic amines) is 1. The minimum Gasteiger partial charge on any atom is -0.497 e. The number of hydrogen-bond acceptors (Lipinski definition) is 13. The van der Waals surface area contributed by atoms with Gasteiger partial charge in [0.05, 0.1) is 38.3 Å². The van der Waals surface area contributed by atoms with E-state index in [1.807, 2.05) is 12.1 Å². The summed E-state index contributed by atoms with van der Waals surface area (Å²) in [6, 6.07) is 26.9. The quantitative estimate of drug-likeness (QED) is 0.0969. The zero-order valence-corrected chi connectivity index (χ0v) is 37.8. The van der Waals surface area contributed by atoms with Gasteiger partial charge in [0.2, 0.25) is 10.0 Å². The third kappa shape index (κ3) is 9.94. The molecule has 16 nitrogen and oxygen atoms in total. The number of tetrazole rings is 1. The van der Waals surface area contributed by atoms with Gasteiger partial charge in [0.15, 0.2) is 15.7 Å². The van der Waals surface area contributed by atoms with Crippen molar-refractivity contribution in [3.63, 3.8) is 0 Å². The van der Waals surface area contributed by atoms with E-state index in [2.05, 4.69) is 20.5 Å². The van der Waals surface area contributed by atoms with Crippen LogP contribution in [-0.4, -0.2) is 103 Å². The summed E-state index contributed by atoms with van der Waals surface area (Å²) in [5.74, 6) is 1.70. The second-order valence-electron chi connectivity index (χ2n) is 15.7. The van der Waals surface area contributed by atoms with Gasteiger partial charge in [-0.3, -0.25) is 0 Å². The first-order chi connectivity index (χ1) is 30.0. The van der Waals surface area contributed by atoms with E-state index in [1.54, 1.807) is 101 Å². The molecule has 1 saturated heterocycles. The number of halogens is 1. The highest BCUT2D eigenvalue weighted by Crippen LogP contribution is 2.44. The van der Waals surface area contributed by atoms with Crippen LogP contribution in [0.5, 0.6) is 17.2 Å². The molecule has 1 fully saturated rings. The van der Waals surface area contributed by atoms with Crippen LogP contribution in [0.25, 0.3) is 22.5 Å². The van der Waals surface area contributed by atoms with E-state index in [-0.39, 0.29) is 54.8 Å². The number of carbonyl (C=O) groups excluding carboxylic acids is 1. The number of sulfonamides is 1. The van der Waals surface area contributed by atoms with E-state index in [9.17, 15) is 4.79 Å². The SMILES string of the molecule is COc1ccc(CN(Cc2ccc(OC)cc2)S(=O)(=O)c2c(S(=O)(=O)C3CN(C(=O)OC(C)(C)C)C3)ccc(-c3ccnc(Cl)c3)c2-c2nnnn2Cc2ccc(OC)cc2)cc1. The van der Waals surface area contributed by atoms with Gasteiger partial charge in [-0.15, -0.1) is 5.10 Å². The molecular weight excluding hydrogens is 870 g/mol. The number of carbonyl (C=O) groups is 1. The van der Waals surface area contributed by atoms with Gasteiger partial charge < -0.3 is 23.8 Å². The predicted molar refractivity (Wildman–Crippen MR) is 235 cm³/mol. The normalized spacial score (nSPS) is 13.4. The Labute approximate surface area is 371 Å². The maximum atomic E-state index is 16.0. The average Bonchev–Trinajstić information content (AvgIpc) is 3.70. The molecule has 0 saturated carbocycles. The Morgan fingerprint density at radius 2 is 1.32 bits per heavy atom. The molecule has 0 unspecified atom stereocenters. The van der Waals surface area contributed by atoms with Crippen LogP contribution >= 0.6 is 11.6 Å². The fourth-order valence-electron chi connectivity index (χ4n) is 6.98. The third-order valence-corrected chi connectivity index (χ3v) is 14.6. The van der Waals surface area contributed by atoms with Crippen LogP contribution in [0.4, 0.5) is 4.79 Å². The van der Waals surface area contributed by atoms with Crippen molar-refractivity contribution in [2.75, 3.05) is 34.4 Å². The molecule has 330 valence electrons. The van der Waals surface area contributed by atoms with E-state index in [1.165, 1.54) is 46.4 Å². The molecule has 63 heavy (non-hydrogen) atoms. The van der Waals surface area contributed by atoms with Gasteiger partial charge in [0, 0.05) is 32.4 Å². The number of methoxy groups -OCH3 is 3. The molecule has 0 N–H and O–H groups in total. The lowest BCUT2D eigenvalue weighted by molar-refractivity contribution is 0.0139. The maximum Gasteiger partial charge on any atom is 0.410 e. The van der Waals surface area contributed by atoms with Crippen LogP contribution in [0.1, 0.15) is 37.5 Å². The zero-order valence-electron chi connectivity index (χ0n) is 35.4. The first-order valence-corrected chi connectivity index (χ1v) is 23.0.